The van der Waals surface area contributed by atoms with Gasteiger partial charge in [0.05, 0.1) is 0 Å². The molecule has 3 heterocycles. The number of benzene rings is 1. The molecule has 1 saturated heterocycles. The van der Waals surface area contributed by atoms with Gasteiger partial charge in [-0.1, -0.05) is 30.4 Å². The van der Waals surface area contributed by atoms with Crippen molar-refractivity contribution in [3.8, 4) is 11.5 Å². The standard InChI is InChI=1S/C20H22N2O3/c23-20-17(4-2-10-21-20)13-22-11-8-15(9-12-22)6-7-16-3-1-5-18-19(16)25-14-24-18/h1-7,10,15H,8-9,11-14H2,(H,21,23)/b7-6+. The van der Waals surface area contributed by atoms with E-state index < -0.39 is 0 Å². The van der Waals surface area contributed by atoms with Gasteiger partial charge in [0, 0.05) is 23.9 Å². The number of ether oxygens (including phenoxy) is 2. The van der Waals surface area contributed by atoms with Crippen molar-refractivity contribution in [2.24, 2.45) is 5.92 Å². The zero-order valence-corrected chi connectivity index (χ0v) is 14.1. The number of nitrogens with zero attached hydrogens (tertiary/aromatic N) is 1. The third-order valence-corrected chi connectivity index (χ3v) is 4.90. The molecule has 0 aliphatic carbocycles. The molecule has 0 amide bonds. The number of piperidine rings is 1. The fraction of sp³-hybridized carbons (Fsp3) is 0.350. The molecule has 0 unspecified atom stereocenters. The first kappa shape index (κ1) is 16.0. The smallest absolute Gasteiger partial charge is 0.252 e. The third kappa shape index (κ3) is 3.61. The fourth-order valence-corrected chi connectivity index (χ4v) is 3.45. The highest BCUT2D eigenvalue weighted by atomic mass is 16.7. The molecule has 4 rings (SSSR count). The summed E-state index contributed by atoms with van der Waals surface area (Å²) in [6.07, 6.45) is 8.32. The van der Waals surface area contributed by atoms with E-state index >= 15 is 0 Å². The molecule has 1 N–H and O–H groups in total. The van der Waals surface area contributed by atoms with Gasteiger partial charge in [0.15, 0.2) is 11.5 Å². The minimum Gasteiger partial charge on any atom is -0.454 e. The van der Waals surface area contributed by atoms with E-state index in [0.29, 0.717) is 12.7 Å². The maximum Gasteiger partial charge on any atom is 0.252 e. The van der Waals surface area contributed by atoms with Gasteiger partial charge in [-0.05, 0) is 44.0 Å². The zero-order chi connectivity index (χ0) is 17.1. The second-order valence-corrected chi connectivity index (χ2v) is 6.58. The molecule has 1 aromatic heterocycles. The van der Waals surface area contributed by atoms with Gasteiger partial charge < -0.3 is 14.5 Å². The molecule has 5 nitrogen and oxygen atoms in total. The molecule has 130 valence electrons. The Bertz CT molecular complexity index is 820. The van der Waals surface area contributed by atoms with Crippen LogP contribution in [0.2, 0.25) is 0 Å². The SMILES string of the molecule is O=c1[nH]cccc1CN1CCC(/C=C/c2cccc3c2OCO3)CC1. The number of nitrogens with one attached hydrogen (secondary N) is 1. The first-order valence-electron chi connectivity index (χ1n) is 8.75. The molecule has 0 spiro atoms. The summed E-state index contributed by atoms with van der Waals surface area (Å²) in [4.78, 5) is 16.9. The summed E-state index contributed by atoms with van der Waals surface area (Å²) < 4.78 is 11.0. The van der Waals surface area contributed by atoms with Crippen molar-refractivity contribution in [1.29, 1.82) is 0 Å². The number of allylic oxidation sites excluding steroid dienone is 1. The largest absolute Gasteiger partial charge is 0.454 e. The van der Waals surface area contributed by atoms with E-state index in [1.54, 1.807) is 6.20 Å². The lowest BCUT2D eigenvalue weighted by atomic mass is 9.95. The van der Waals surface area contributed by atoms with Crippen molar-refractivity contribution in [3.05, 3.63) is 64.1 Å². The molecule has 2 aromatic rings. The fourth-order valence-electron chi connectivity index (χ4n) is 3.45. The van der Waals surface area contributed by atoms with Crippen LogP contribution in [0.15, 0.2) is 47.4 Å². The Labute approximate surface area is 146 Å². The van der Waals surface area contributed by atoms with Crippen molar-refractivity contribution in [3.63, 3.8) is 0 Å². The maximum atomic E-state index is 11.8. The molecule has 5 heteroatoms. The first-order chi connectivity index (χ1) is 12.3. The molecule has 1 aromatic carbocycles. The number of likely N-dealkylation sites (tertiary alicyclic amines) is 1. The number of pyridine rings is 1. The number of H-pyrrole nitrogens is 1. The van der Waals surface area contributed by atoms with Gasteiger partial charge in [-0.3, -0.25) is 9.69 Å². The summed E-state index contributed by atoms with van der Waals surface area (Å²) in [7, 11) is 0. The van der Waals surface area contributed by atoms with Crippen LogP contribution in [0.1, 0.15) is 24.0 Å². The van der Waals surface area contributed by atoms with Gasteiger partial charge in [-0.25, -0.2) is 0 Å². The molecule has 0 saturated carbocycles. The third-order valence-electron chi connectivity index (χ3n) is 4.90. The number of rotatable bonds is 4. The lowest BCUT2D eigenvalue weighted by molar-refractivity contribution is 0.173. The van der Waals surface area contributed by atoms with E-state index in [2.05, 4.69) is 28.1 Å². The number of aromatic nitrogens is 1. The Morgan fingerprint density at radius 3 is 2.88 bits per heavy atom. The molecular weight excluding hydrogens is 316 g/mol. The van der Waals surface area contributed by atoms with Crippen molar-refractivity contribution < 1.29 is 9.47 Å². The first-order valence-corrected chi connectivity index (χ1v) is 8.75. The summed E-state index contributed by atoms with van der Waals surface area (Å²) in [6, 6.07) is 9.77. The summed E-state index contributed by atoms with van der Waals surface area (Å²) in [5.74, 6) is 2.23. The topological polar surface area (TPSA) is 54.6 Å². The second-order valence-electron chi connectivity index (χ2n) is 6.58. The van der Waals surface area contributed by atoms with Crippen molar-refractivity contribution in [2.45, 2.75) is 19.4 Å². The summed E-state index contributed by atoms with van der Waals surface area (Å²) >= 11 is 0. The van der Waals surface area contributed by atoms with Gasteiger partial charge in [0.25, 0.3) is 5.56 Å². The zero-order valence-electron chi connectivity index (χ0n) is 14.1. The van der Waals surface area contributed by atoms with Gasteiger partial charge in [0.2, 0.25) is 6.79 Å². The number of fused-ring (bicyclic) bond motifs is 1. The summed E-state index contributed by atoms with van der Waals surface area (Å²) in [6.45, 7) is 3.05. The Hall–Kier alpha value is -2.53. The molecule has 2 aliphatic rings. The highest BCUT2D eigenvalue weighted by Gasteiger charge is 2.19. The van der Waals surface area contributed by atoms with Crippen LogP contribution in [-0.2, 0) is 6.54 Å². The Kier molecular flexibility index (Phi) is 4.57. The van der Waals surface area contributed by atoms with Crippen LogP contribution in [0.4, 0.5) is 0 Å². The van der Waals surface area contributed by atoms with Crippen LogP contribution in [0.3, 0.4) is 0 Å². The van der Waals surface area contributed by atoms with Crippen LogP contribution in [-0.4, -0.2) is 29.8 Å². The summed E-state index contributed by atoms with van der Waals surface area (Å²) in [5, 5.41) is 0. The van der Waals surface area contributed by atoms with Crippen molar-refractivity contribution in [1.82, 2.24) is 9.88 Å². The Morgan fingerprint density at radius 2 is 2.04 bits per heavy atom. The molecular formula is C20H22N2O3. The van der Waals surface area contributed by atoms with E-state index in [-0.39, 0.29) is 5.56 Å². The molecule has 0 atom stereocenters. The predicted octanol–water partition coefficient (Wildman–Crippen LogP) is 3.03. The van der Waals surface area contributed by atoms with E-state index in [0.717, 1.165) is 55.1 Å². The molecule has 25 heavy (non-hydrogen) atoms. The maximum absolute atomic E-state index is 11.8. The Morgan fingerprint density at radius 1 is 1.16 bits per heavy atom. The minimum absolute atomic E-state index is 0.0182. The normalized spacial score (nSPS) is 18.1. The highest BCUT2D eigenvalue weighted by Crippen LogP contribution is 2.36. The van der Waals surface area contributed by atoms with Crippen LogP contribution in [0.25, 0.3) is 6.08 Å². The number of hydrogen-bond donors (Lipinski definition) is 1. The van der Waals surface area contributed by atoms with Crippen molar-refractivity contribution in [2.75, 3.05) is 19.9 Å². The predicted molar refractivity (Wildman–Crippen MR) is 96.7 cm³/mol. The van der Waals surface area contributed by atoms with Gasteiger partial charge in [0.1, 0.15) is 0 Å². The minimum atomic E-state index is 0.0182. The van der Waals surface area contributed by atoms with E-state index in [1.807, 2.05) is 24.3 Å². The second kappa shape index (κ2) is 7.15. The number of para-hydroxylation sites is 1. The molecule has 1 fully saturated rings. The number of aromatic amines is 1. The lowest BCUT2D eigenvalue weighted by Gasteiger charge is -2.30. The quantitative estimate of drug-likeness (QED) is 0.931. The van der Waals surface area contributed by atoms with Crippen LogP contribution in [0.5, 0.6) is 11.5 Å². The highest BCUT2D eigenvalue weighted by molar-refractivity contribution is 5.63. The number of hydrogen-bond acceptors (Lipinski definition) is 4. The van der Waals surface area contributed by atoms with Gasteiger partial charge >= 0.3 is 0 Å². The summed E-state index contributed by atoms with van der Waals surface area (Å²) in [5.41, 5.74) is 1.94. The monoisotopic (exact) mass is 338 g/mol. The van der Waals surface area contributed by atoms with Crippen LogP contribution < -0.4 is 15.0 Å². The average Bonchev–Trinajstić information content (AvgIpc) is 3.12. The molecule has 0 radical (unpaired) electrons. The lowest BCUT2D eigenvalue weighted by Crippen LogP contribution is -2.34. The van der Waals surface area contributed by atoms with Crippen molar-refractivity contribution >= 4 is 6.08 Å². The average molecular weight is 338 g/mol. The van der Waals surface area contributed by atoms with E-state index in [4.69, 9.17) is 9.47 Å². The Balaban J connectivity index is 1.34. The van der Waals surface area contributed by atoms with E-state index in [9.17, 15) is 4.79 Å². The molecule has 0 bridgehead atoms. The van der Waals surface area contributed by atoms with Crippen LogP contribution >= 0.6 is 0 Å². The van der Waals surface area contributed by atoms with Gasteiger partial charge in [-0.2, -0.15) is 0 Å². The molecule has 2 aliphatic heterocycles. The van der Waals surface area contributed by atoms with Crippen LogP contribution in [0, 0.1) is 5.92 Å². The van der Waals surface area contributed by atoms with Gasteiger partial charge in [-0.15, -0.1) is 0 Å². The van der Waals surface area contributed by atoms with E-state index in [1.165, 1.54) is 0 Å².